The van der Waals surface area contributed by atoms with Crippen LogP contribution in [0.5, 0.6) is 0 Å². The van der Waals surface area contributed by atoms with Crippen LogP contribution in [0.3, 0.4) is 0 Å². The fourth-order valence-corrected chi connectivity index (χ4v) is 3.86. The standard InChI is InChI=1S/C18H24F3N3O/c19-18(20,21)14-7-4-8-24(9-14)17(25)12-23-10-15(16(22)11-23)13-5-2-1-3-6-13/h1-3,5-6,14-16H,4,7-12,22H2/t14?,15-,16+/m0/s1. The molecule has 25 heavy (non-hydrogen) atoms. The van der Waals surface area contributed by atoms with Crippen LogP contribution in [-0.2, 0) is 4.79 Å². The van der Waals surface area contributed by atoms with Crippen molar-refractivity contribution < 1.29 is 18.0 Å². The van der Waals surface area contributed by atoms with Crippen LogP contribution in [-0.4, -0.2) is 60.6 Å². The maximum atomic E-state index is 12.9. The maximum absolute atomic E-state index is 12.9. The van der Waals surface area contributed by atoms with Crippen LogP contribution in [0.1, 0.15) is 24.3 Å². The van der Waals surface area contributed by atoms with Crippen molar-refractivity contribution in [3.8, 4) is 0 Å². The summed E-state index contributed by atoms with van der Waals surface area (Å²) in [5, 5.41) is 0. The van der Waals surface area contributed by atoms with E-state index >= 15 is 0 Å². The zero-order chi connectivity index (χ0) is 18.0. The Morgan fingerprint density at radius 2 is 1.88 bits per heavy atom. The Hall–Kier alpha value is -1.60. The number of likely N-dealkylation sites (tertiary alicyclic amines) is 2. The molecular weight excluding hydrogens is 331 g/mol. The second-order valence-corrected chi connectivity index (χ2v) is 7.10. The molecule has 2 heterocycles. The molecule has 2 fully saturated rings. The average molecular weight is 355 g/mol. The van der Waals surface area contributed by atoms with E-state index in [-0.39, 0.29) is 37.4 Å². The molecule has 1 unspecified atom stereocenters. The summed E-state index contributed by atoms with van der Waals surface area (Å²) in [4.78, 5) is 15.8. The summed E-state index contributed by atoms with van der Waals surface area (Å²) in [6.07, 6.45) is -3.71. The van der Waals surface area contributed by atoms with E-state index in [4.69, 9.17) is 5.73 Å². The molecule has 2 N–H and O–H groups in total. The minimum atomic E-state index is -4.23. The van der Waals surface area contributed by atoms with Crippen LogP contribution in [0, 0.1) is 5.92 Å². The zero-order valence-corrected chi connectivity index (χ0v) is 14.1. The molecule has 0 spiro atoms. The number of hydrogen-bond acceptors (Lipinski definition) is 3. The summed E-state index contributed by atoms with van der Waals surface area (Å²) in [5.41, 5.74) is 7.36. The molecule has 138 valence electrons. The first-order chi connectivity index (χ1) is 11.8. The Bertz CT molecular complexity index is 593. The summed E-state index contributed by atoms with van der Waals surface area (Å²) >= 11 is 0. The Labute approximate surface area is 145 Å². The van der Waals surface area contributed by atoms with Gasteiger partial charge in [-0.3, -0.25) is 9.69 Å². The van der Waals surface area contributed by atoms with Crippen molar-refractivity contribution in [3.63, 3.8) is 0 Å². The quantitative estimate of drug-likeness (QED) is 0.905. The number of halogens is 3. The molecule has 2 aliphatic rings. The van der Waals surface area contributed by atoms with Crippen molar-refractivity contribution in [1.29, 1.82) is 0 Å². The monoisotopic (exact) mass is 355 g/mol. The van der Waals surface area contributed by atoms with Crippen molar-refractivity contribution in [2.75, 3.05) is 32.7 Å². The lowest BCUT2D eigenvalue weighted by atomic mass is 9.95. The van der Waals surface area contributed by atoms with Crippen molar-refractivity contribution in [2.45, 2.75) is 31.0 Å². The zero-order valence-electron chi connectivity index (χ0n) is 14.1. The van der Waals surface area contributed by atoms with E-state index in [0.29, 0.717) is 26.1 Å². The van der Waals surface area contributed by atoms with E-state index in [1.807, 2.05) is 35.2 Å². The van der Waals surface area contributed by atoms with Gasteiger partial charge in [-0.1, -0.05) is 30.3 Å². The number of amides is 1. The molecule has 3 rings (SSSR count). The third-order valence-corrected chi connectivity index (χ3v) is 5.26. The Kier molecular flexibility index (Phi) is 5.34. The Balaban J connectivity index is 1.57. The number of nitrogens with zero attached hydrogens (tertiary/aromatic N) is 2. The van der Waals surface area contributed by atoms with Crippen LogP contribution in [0.25, 0.3) is 0 Å². The van der Waals surface area contributed by atoms with Crippen LogP contribution < -0.4 is 5.73 Å². The molecule has 2 saturated heterocycles. The van der Waals surface area contributed by atoms with Gasteiger partial charge in [-0.25, -0.2) is 0 Å². The van der Waals surface area contributed by atoms with Crippen LogP contribution in [0.2, 0.25) is 0 Å². The summed E-state index contributed by atoms with van der Waals surface area (Å²) in [7, 11) is 0. The van der Waals surface area contributed by atoms with Crippen LogP contribution in [0.4, 0.5) is 13.2 Å². The predicted molar refractivity (Wildman–Crippen MR) is 89.0 cm³/mol. The van der Waals surface area contributed by atoms with Gasteiger partial charge in [0, 0.05) is 38.1 Å². The summed E-state index contributed by atoms with van der Waals surface area (Å²) in [5.74, 6) is -1.48. The number of carbonyl (C=O) groups is 1. The second-order valence-electron chi connectivity index (χ2n) is 7.10. The molecule has 1 aromatic rings. The molecule has 0 radical (unpaired) electrons. The van der Waals surface area contributed by atoms with Gasteiger partial charge in [0.15, 0.2) is 0 Å². The van der Waals surface area contributed by atoms with Crippen molar-refractivity contribution in [3.05, 3.63) is 35.9 Å². The molecule has 0 saturated carbocycles. The summed E-state index contributed by atoms with van der Waals surface area (Å²) in [6, 6.07) is 9.84. The molecule has 0 bridgehead atoms. The highest BCUT2D eigenvalue weighted by atomic mass is 19.4. The number of rotatable bonds is 3. The fraction of sp³-hybridized carbons (Fsp3) is 0.611. The largest absolute Gasteiger partial charge is 0.393 e. The summed E-state index contributed by atoms with van der Waals surface area (Å²) < 4.78 is 38.7. The van der Waals surface area contributed by atoms with E-state index in [0.717, 1.165) is 5.56 Å². The molecule has 7 heteroatoms. The van der Waals surface area contributed by atoms with Gasteiger partial charge in [0.1, 0.15) is 0 Å². The number of alkyl halides is 3. The van der Waals surface area contributed by atoms with Gasteiger partial charge in [-0.2, -0.15) is 13.2 Å². The van der Waals surface area contributed by atoms with Gasteiger partial charge in [0.25, 0.3) is 0 Å². The second kappa shape index (κ2) is 7.33. The van der Waals surface area contributed by atoms with Crippen molar-refractivity contribution in [2.24, 2.45) is 11.7 Å². The molecule has 0 aliphatic carbocycles. The van der Waals surface area contributed by atoms with E-state index in [1.165, 1.54) is 4.90 Å². The van der Waals surface area contributed by atoms with Crippen molar-refractivity contribution in [1.82, 2.24) is 9.80 Å². The minimum Gasteiger partial charge on any atom is -0.341 e. The van der Waals surface area contributed by atoms with Gasteiger partial charge < -0.3 is 10.6 Å². The number of nitrogens with two attached hydrogens (primary N) is 1. The predicted octanol–water partition coefficient (Wildman–Crippen LogP) is 2.21. The molecular formula is C18H24F3N3O. The normalized spacial score (nSPS) is 28.3. The topological polar surface area (TPSA) is 49.6 Å². The first-order valence-corrected chi connectivity index (χ1v) is 8.72. The highest BCUT2D eigenvalue weighted by Gasteiger charge is 2.43. The first kappa shape index (κ1) is 18.2. The van der Waals surface area contributed by atoms with Crippen LogP contribution in [0.15, 0.2) is 30.3 Å². The van der Waals surface area contributed by atoms with Crippen molar-refractivity contribution >= 4 is 5.91 Å². The maximum Gasteiger partial charge on any atom is 0.393 e. The highest BCUT2D eigenvalue weighted by Crippen LogP contribution is 2.33. The Morgan fingerprint density at radius 1 is 1.16 bits per heavy atom. The third-order valence-electron chi connectivity index (χ3n) is 5.26. The lowest BCUT2D eigenvalue weighted by molar-refractivity contribution is -0.188. The molecule has 2 aliphatic heterocycles. The minimum absolute atomic E-state index is 0.0699. The highest BCUT2D eigenvalue weighted by molar-refractivity contribution is 5.78. The lowest BCUT2D eigenvalue weighted by Crippen LogP contribution is -2.48. The third kappa shape index (κ3) is 4.33. The van der Waals surface area contributed by atoms with Gasteiger partial charge >= 0.3 is 6.18 Å². The smallest absolute Gasteiger partial charge is 0.341 e. The van der Waals surface area contributed by atoms with E-state index in [9.17, 15) is 18.0 Å². The van der Waals surface area contributed by atoms with Gasteiger partial charge in [-0.15, -0.1) is 0 Å². The number of carbonyl (C=O) groups excluding carboxylic acids is 1. The van der Waals surface area contributed by atoms with Gasteiger partial charge in [0.05, 0.1) is 12.5 Å². The van der Waals surface area contributed by atoms with Crippen LogP contribution >= 0.6 is 0 Å². The molecule has 4 nitrogen and oxygen atoms in total. The molecule has 0 aromatic heterocycles. The lowest BCUT2D eigenvalue weighted by Gasteiger charge is -2.34. The summed E-state index contributed by atoms with van der Waals surface area (Å²) in [6.45, 7) is 1.58. The van der Waals surface area contributed by atoms with E-state index in [2.05, 4.69) is 0 Å². The molecule has 1 amide bonds. The van der Waals surface area contributed by atoms with Gasteiger partial charge in [-0.05, 0) is 18.4 Å². The number of benzene rings is 1. The first-order valence-electron chi connectivity index (χ1n) is 8.72. The molecule has 1 aromatic carbocycles. The SMILES string of the molecule is N[C@@H]1CN(CC(=O)N2CCCC(C(F)(F)F)C2)C[C@H]1c1ccccc1. The number of piperidine rings is 1. The van der Waals surface area contributed by atoms with Gasteiger partial charge in [0.2, 0.25) is 5.91 Å². The number of hydrogen-bond donors (Lipinski definition) is 1. The Morgan fingerprint density at radius 3 is 2.56 bits per heavy atom. The molecule has 3 atom stereocenters. The average Bonchev–Trinajstić information content (AvgIpc) is 2.95. The van der Waals surface area contributed by atoms with E-state index < -0.39 is 12.1 Å². The van der Waals surface area contributed by atoms with E-state index in [1.54, 1.807) is 0 Å². The fourth-order valence-electron chi connectivity index (χ4n) is 3.86.